The fourth-order valence-electron chi connectivity index (χ4n) is 3.48. The number of nitrogens with zero attached hydrogens (tertiary/aromatic N) is 2. The Hall–Kier alpha value is -2.53. The minimum Gasteiger partial charge on any atom is -0.366 e. The predicted octanol–water partition coefficient (Wildman–Crippen LogP) is 4.13. The predicted molar refractivity (Wildman–Crippen MR) is 104 cm³/mol. The van der Waals surface area contributed by atoms with E-state index in [0.717, 1.165) is 54.0 Å². The number of H-pyrrole nitrogens is 1. The number of rotatable bonds is 7. The van der Waals surface area contributed by atoms with Crippen LogP contribution >= 0.6 is 11.6 Å². The summed E-state index contributed by atoms with van der Waals surface area (Å²) in [5, 5.41) is 0.668. The molecule has 0 unspecified atom stereocenters. The lowest BCUT2D eigenvalue weighted by molar-refractivity contribution is 0.1000. The van der Waals surface area contributed by atoms with E-state index < -0.39 is 5.91 Å². The zero-order chi connectivity index (χ0) is 18.7. The molecule has 0 bridgehead atoms. The van der Waals surface area contributed by atoms with Gasteiger partial charge in [-0.15, -0.1) is 0 Å². The number of carbonyl (C=O) groups is 1. The monoisotopic (exact) mass is 370 g/mol. The summed E-state index contributed by atoms with van der Waals surface area (Å²) in [6.07, 6.45) is 6.16. The highest BCUT2D eigenvalue weighted by Gasteiger charge is 2.24. The van der Waals surface area contributed by atoms with Crippen LogP contribution in [0.25, 0.3) is 11.1 Å². The fraction of sp³-hybridized carbons (Fsp3) is 0.300. The second-order valence-corrected chi connectivity index (χ2v) is 6.82. The van der Waals surface area contributed by atoms with Crippen molar-refractivity contribution in [3.63, 3.8) is 0 Å². The summed E-state index contributed by atoms with van der Waals surface area (Å²) in [4.78, 5) is 19.5. The van der Waals surface area contributed by atoms with E-state index in [-0.39, 0.29) is 0 Å². The van der Waals surface area contributed by atoms with Crippen molar-refractivity contribution in [2.45, 2.75) is 39.7 Å². The maximum absolute atomic E-state index is 12.3. The fourth-order valence-corrected chi connectivity index (χ4v) is 3.61. The second-order valence-electron chi connectivity index (χ2n) is 6.38. The summed E-state index contributed by atoms with van der Waals surface area (Å²) < 4.78 is 2.22. The van der Waals surface area contributed by atoms with Gasteiger partial charge in [-0.05, 0) is 31.0 Å². The summed E-state index contributed by atoms with van der Waals surface area (Å²) in [5.41, 5.74) is 11.4. The van der Waals surface area contributed by atoms with Crippen LogP contribution in [-0.4, -0.2) is 20.4 Å². The molecule has 136 valence electrons. The van der Waals surface area contributed by atoms with E-state index >= 15 is 0 Å². The number of nitrogens with one attached hydrogen (secondary N) is 1. The van der Waals surface area contributed by atoms with Crippen LogP contribution in [-0.2, 0) is 19.4 Å². The molecule has 0 saturated carbocycles. The molecule has 6 heteroatoms. The van der Waals surface area contributed by atoms with E-state index in [4.69, 9.17) is 17.3 Å². The number of aromatic nitrogens is 3. The Morgan fingerprint density at radius 2 is 2.00 bits per heavy atom. The number of imidazole rings is 1. The molecule has 0 atom stereocenters. The molecular weight excluding hydrogens is 348 g/mol. The highest BCUT2D eigenvalue weighted by molar-refractivity contribution is 6.30. The van der Waals surface area contributed by atoms with Gasteiger partial charge in [-0.25, -0.2) is 4.98 Å². The lowest BCUT2D eigenvalue weighted by atomic mass is 9.98. The molecule has 3 N–H and O–H groups in total. The van der Waals surface area contributed by atoms with Crippen molar-refractivity contribution in [3.05, 3.63) is 64.5 Å². The average molecular weight is 371 g/mol. The molecule has 2 aromatic heterocycles. The van der Waals surface area contributed by atoms with Crippen LogP contribution in [0.2, 0.25) is 5.02 Å². The summed E-state index contributed by atoms with van der Waals surface area (Å²) >= 11 is 6.04. The number of primary amides is 1. The molecule has 0 fully saturated rings. The smallest absolute Gasteiger partial charge is 0.251 e. The molecule has 3 aromatic rings. The Morgan fingerprint density at radius 1 is 1.27 bits per heavy atom. The molecule has 0 aliphatic carbocycles. The third-order valence-electron chi connectivity index (χ3n) is 4.66. The molecular formula is C20H23ClN4O. The molecule has 0 aliphatic heterocycles. The van der Waals surface area contributed by atoms with Crippen molar-refractivity contribution in [2.24, 2.45) is 5.73 Å². The van der Waals surface area contributed by atoms with Gasteiger partial charge in [-0.2, -0.15) is 0 Å². The molecule has 26 heavy (non-hydrogen) atoms. The summed E-state index contributed by atoms with van der Waals surface area (Å²) in [5.74, 6) is -0.398. The van der Waals surface area contributed by atoms with Crippen LogP contribution < -0.4 is 5.73 Å². The second kappa shape index (κ2) is 7.79. The summed E-state index contributed by atoms with van der Waals surface area (Å²) in [7, 11) is 0. The van der Waals surface area contributed by atoms with Crippen molar-refractivity contribution in [1.29, 1.82) is 0 Å². The van der Waals surface area contributed by atoms with E-state index in [2.05, 4.69) is 21.5 Å². The molecule has 1 aromatic carbocycles. The number of hydrogen-bond acceptors (Lipinski definition) is 2. The minimum atomic E-state index is -0.398. The number of nitrogens with two attached hydrogens (primary N) is 1. The van der Waals surface area contributed by atoms with Gasteiger partial charge in [0.15, 0.2) is 0 Å². The van der Waals surface area contributed by atoms with Crippen LogP contribution in [0.4, 0.5) is 0 Å². The van der Waals surface area contributed by atoms with E-state index in [1.807, 2.05) is 37.4 Å². The molecule has 0 radical (unpaired) electrons. The number of amides is 1. The van der Waals surface area contributed by atoms with Crippen LogP contribution in [0.15, 0.2) is 36.8 Å². The number of halogens is 1. The largest absolute Gasteiger partial charge is 0.366 e. The Balaban J connectivity index is 2.12. The van der Waals surface area contributed by atoms with Gasteiger partial charge in [-0.1, -0.05) is 37.1 Å². The third-order valence-corrected chi connectivity index (χ3v) is 4.91. The van der Waals surface area contributed by atoms with Crippen molar-refractivity contribution in [1.82, 2.24) is 14.5 Å². The van der Waals surface area contributed by atoms with Crippen LogP contribution in [0.1, 0.15) is 40.8 Å². The van der Waals surface area contributed by atoms with E-state index in [1.54, 1.807) is 6.33 Å². The number of hydrogen-bond donors (Lipinski definition) is 2. The van der Waals surface area contributed by atoms with Gasteiger partial charge in [-0.3, -0.25) is 4.79 Å². The quantitative estimate of drug-likeness (QED) is 0.655. The van der Waals surface area contributed by atoms with Crippen LogP contribution in [0.5, 0.6) is 0 Å². The van der Waals surface area contributed by atoms with E-state index in [1.165, 1.54) is 0 Å². The molecule has 1 amide bonds. The minimum absolute atomic E-state index is 0.398. The maximum Gasteiger partial charge on any atom is 0.251 e. The average Bonchev–Trinajstić information content (AvgIpc) is 3.21. The molecule has 3 rings (SSSR count). The highest BCUT2D eigenvalue weighted by Crippen LogP contribution is 2.34. The molecule has 5 nitrogen and oxygen atoms in total. The van der Waals surface area contributed by atoms with Crippen molar-refractivity contribution in [2.75, 3.05) is 0 Å². The lowest BCUT2D eigenvalue weighted by Gasteiger charge is -2.12. The van der Waals surface area contributed by atoms with Crippen molar-refractivity contribution in [3.8, 4) is 11.1 Å². The Kier molecular flexibility index (Phi) is 5.47. The first-order chi connectivity index (χ1) is 12.5. The first kappa shape index (κ1) is 18.3. The topological polar surface area (TPSA) is 76.7 Å². The standard InChI is InChI=1S/C20H23ClN4O/c1-3-4-17-19(14-5-7-15(21)8-6-14)18(20(22)26)13(2)25(17)10-9-16-11-23-12-24-16/h5-8,11-12H,3-4,9-10H2,1-2H3,(H2,22,26)(H,23,24). The Labute approximate surface area is 158 Å². The van der Waals surface area contributed by atoms with Crippen LogP contribution in [0, 0.1) is 6.92 Å². The third kappa shape index (κ3) is 3.53. The van der Waals surface area contributed by atoms with Gasteiger partial charge in [0.2, 0.25) is 0 Å². The maximum atomic E-state index is 12.3. The number of aromatic amines is 1. The first-order valence-corrected chi connectivity index (χ1v) is 9.15. The highest BCUT2D eigenvalue weighted by atomic mass is 35.5. The van der Waals surface area contributed by atoms with Gasteiger partial charge in [0.05, 0.1) is 11.9 Å². The number of benzene rings is 1. The Bertz CT molecular complexity index is 895. The van der Waals surface area contributed by atoms with Gasteiger partial charge in [0.1, 0.15) is 0 Å². The van der Waals surface area contributed by atoms with E-state index in [0.29, 0.717) is 10.6 Å². The van der Waals surface area contributed by atoms with Gasteiger partial charge >= 0.3 is 0 Å². The van der Waals surface area contributed by atoms with Gasteiger partial charge < -0.3 is 15.3 Å². The zero-order valence-corrected chi connectivity index (χ0v) is 15.8. The van der Waals surface area contributed by atoms with Gasteiger partial charge in [0, 0.05) is 46.8 Å². The molecule has 2 heterocycles. The van der Waals surface area contributed by atoms with Gasteiger partial charge in [0.25, 0.3) is 5.91 Å². The number of aryl methyl sites for hydroxylation is 1. The molecule has 0 aliphatic rings. The summed E-state index contributed by atoms with van der Waals surface area (Å²) in [6.45, 7) is 4.86. The Morgan fingerprint density at radius 3 is 2.58 bits per heavy atom. The van der Waals surface area contributed by atoms with E-state index in [9.17, 15) is 4.79 Å². The number of carbonyl (C=O) groups excluding carboxylic acids is 1. The lowest BCUT2D eigenvalue weighted by Crippen LogP contribution is -2.14. The SMILES string of the molecule is CCCc1c(-c2ccc(Cl)cc2)c(C(N)=O)c(C)n1CCc1cnc[nH]1. The summed E-state index contributed by atoms with van der Waals surface area (Å²) in [6, 6.07) is 7.58. The first-order valence-electron chi connectivity index (χ1n) is 8.77. The normalized spacial score (nSPS) is 11.0. The van der Waals surface area contributed by atoms with Crippen molar-refractivity contribution >= 4 is 17.5 Å². The molecule has 0 saturated heterocycles. The molecule has 0 spiro atoms. The van der Waals surface area contributed by atoms with Crippen LogP contribution in [0.3, 0.4) is 0 Å². The zero-order valence-electron chi connectivity index (χ0n) is 15.1. The van der Waals surface area contributed by atoms with Crippen molar-refractivity contribution < 1.29 is 4.79 Å².